The van der Waals surface area contributed by atoms with Crippen LogP contribution >= 0.6 is 0 Å². The van der Waals surface area contributed by atoms with Gasteiger partial charge in [0, 0.05) is 6.61 Å². The molecule has 1 nitrogen and oxygen atoms in total. The quantitative estimate of drug-likeness (QED) is 0.653. The Labute approximate surface area is 77.2 Å². The predicted octanol–water partition coefficient (Wildman–Crippen LogP) is 3.08. The molecule has 0 fully saturated rings. The smallest absolute Gasteiger partial charge is 0.0461 e. The zero-order valence-corrected chi connectivity index (χ0v) is 9.01. The highest BCUT2D eigenvalue weighted by atomic mass is 16.3. The number of hydrogen-bond donors (Lipinski definition) is 1. The number of aliphatic hydroxyl groups excluding tert-OH is 1. The minimum atomic E-state index is 0.360. The maximum atomic E-state index is 9.17. The van der Waals surface area contributed by atoms with Gasteiger partial charge < -0.3 is 5.11 Å². The van der Waals surface area contributed by atoms with E-state index in [0.717, 1.165) is 5.92 Å². The Bertz CT molecular complexity index is 101. The van der Waals surface area contributed by atoms with E-state index >= 15 is 0 Å². The van der Waals surface area contributed by atoms with Crippen LogP contribution in [0.3, 0.4) is 0 Å². The summed E-state index contributed by atoms with van der Waals surface area (Å²) in [5, 5.41) is 9.17. The summed E-state index contributed by atoms with van der Waals surface area (Å²) in [7, 11) is 0. The zero-order valence-electron chi connectivity index (χ0n) is 9.01. The van der Waals surface area contributed by atoms with Crippen LogP contribution in [0.4, 0.5) is 0 Å². The monoisotopic (exact) mass is 172 g/mol. The Hall–Kier alpha value is -0.0400. The molecule has 1 N–H and O–H groups in total. The van der Waals surface area contributed by atoms with Crippen molar-refractivity contribution in [2.45, 2.75) is 47.0 Å². The molecule has 3 unspecified atom stereocenters. The number of aliphatic hydroxyl groups is 1. The fraction of sp³-hybridized carbons (Fsp3) is 1.00. The second-order valence-corrected chi connectivity index (χ2v) is 3.98. The van der Waals surface area contributed by atoms with Crippen molar-refractivity contribution in [2.24, 2.45) is 17.8 Å². The second-order valence-electron chi connectivity index (χ2n) is 3.98. The van der Waals surface area contributed by atoms with Crippen LogP contribution in [0.25, 0.3) is 0 Å². The predicted molar refractivity (Wildman–Crippen MR) is 54.1 cm³/mol. The molecular weight excluding hydrogens is 148 g/mol. The third-order valence-corrected chi connectivity index (χ3v) is 3.18. The van der Waals surface area contributed by atoms with Crippen molar-refractivity contribution in [1.82, 2.24) is 0 Å². The molecule has 0 aliphatic heterocycles. The molecule has 0 bridgehead atoms. The van der Waals surface area contributed by atoms with Crippen molar-refractivity contribution < 1.29 is 5.11 Å². The van der Waals surface area contributed by atoms with Gasteiger partial charge in [0.15, 0.2) is 0 Å². The molecule has 0 aromatic rings. The summed E-state index contributed by atoms with van der Waals surface area (Å²) in [4.78, 5) is 0. The molecule has 0 heterocycles. The van der Waals surface area contributed by atoms with E-state index in [1.54, 1.807) is 0 Å². The van der Waals surface area contributed by atoms with Crippen molar-refractivity contribution >= 4 is 0 Å². The Morgan fingerprint density at radius 1 is 1.17 bits per heavy atom. The van der Waals surface area contributed by atoms with Crippen LogP contribution in [-0.4, -0.2) is 11.7 Å². The first-order chi connectivity index (χ1) is 5.67. The van der Waals surface area contributed by atoms with Gasteiger partial charge in [-0.25, -0.2) is 0 Å². The molecule has 0 amide bonds. The first-order valence-electron chi connectivity index (χ1n) is 5.28. The highest BCUT2D eigenvalue weighted by molar-refractivity contribution is 4.69. The molecule has 0 aromatic carbocycles. The molecule has 0 aliphatic rings. The maximum absolute atomic E-state index is 9.17. The first kappa shape index (κ1) is 12.0. The summed E-state index contributed by atoms with van der Waals surface area (Å²) in [5.41, 5.74) is 0. The average molecular weight is 172 g/mol. The van der Waals surface area contributed by atoms with E-state index in [9.17, 15) is 5.11 Å². The largest absolute Gasteiger partial charge is 0.396 e. The van der Waals surface area contributed by atoms with E-state index in [1.165, 1.54) is 19.3 Å². The lowest BCUT2D eigenvalue weighted by molar-refractivity contribution is 0.141. The van der Waals surface area contributed by atoms with Gasteiger partial charge in [0.1, 0.15) is 0 Å². The lowest BCUT2D eigenvalue weighted by Crippen LogP contribution is -2.21. The molecule has 0 rings (SSSR count). The van der Waals surface area contributed by atoms with Crippen LogP contribution in [0.15, 0.2) is 0 Å². The van der Waals surface area contributed by atoms with Gasteiger partial charge in [-0.15, -0.1) is 0 Å². The van der Waals surface area contributed by atoms with Crippen molar-refractivity contribution in [3.8, 4) is 0 Å². The summed E-state index contributed by atoms with van der Waals surface area (Å²) >= 11 is 0. The van der Waals surface area contributed by atoms with E-state index in [1.807, 2.05) is 0 Å². The highest BCUT2D eigenvalue weighted by Gasteiger charge is 2.19. The normalized spacial score (nSPS) is 18.8. The van der Waals surface area contributed by atoms with E-state index in [-0.39, 0.29) is 0 Å². The van der Waals surface area contributed by atoms with E-state index < -0.39 is 0 Å². The van der Waals surface area contributed by atoms with E-state index in [0.29, 0.717) is 18.4 Å². The molecule has 0 saturated heterocycles. The minimum Gasteiger partial charge on any atom is -0.396 e. The summed E-state index contributed by atoms with van der Waals surface area (Å²) < 4.78 is 0. The Morgan fingerprint density at radius 3 is 2.08 bits per heavy atom. The number of hydrogen-bond acceptors (Lipinski definition) is 1. The van der Waals surface area contributed by atoms with Crippen LogP contribution in [0.2, 0.25) is 0 Å². The summed E-state index contributed by atoms with van der Waals surface area (Å²) in [6.07, 6.45) is 3.58. The third-order valence-electron chi connectivity index (χ3n) is 3.18. The zero-order chi connectivity index (χ0) is 9.56. The lowest BCUT2D eigenvalue weighted by Gasteiger charge is -2.26. The van der Waals surface area contributed by atoms with Crippen molar-refractivity contribution in [2.75, 3.05) is 6.61 Å². The molecule has 12 heavy (non-hydrogen) atoms. The molecule has 0 spiro atoms. The molecule has 0 saturated carbocycles. The van der Waals surface area contributed by atoms with Gasteiger partial charge in [-0.05, 0) is 24.2 Å². The molecule has 1 heteroatoms. The third kappa shape index (κ3) is 3.57. The van der Waals surface area contributed by atoms with Crippen molar-refractivity contribution in [1.29, 1.82) is 0 Å². The molecule has 0 aromatic heterocycles. The van der Waals surface area contributed by atoms with Crippen LogP contribution in [0.1, 0.15) is 47.0 Å². The molecule has 74 valence electrons. The van der Waals surface area contributed by atoms with Crippen LogP contribution in [0, 0.1) is 17.8 Å². The van der Waals surface area contributed by atoms with Crippen LogP contribution in [0.5, 0.6) is 0 Å². The fourth-order valence-corrected chi connectivity index (χ4v) is 1.73. The summed E-state index contributed by atoms with van der Waals surface area (Å²) in [6, 6.07) is 0. The van der Waals surface area contributed by atoms with Gasteiger partial charge in [-0.1, -0.05) is 40.5 Å². The van der Waals surface area contributed by atoms with Gasteiger partial charge in [-0.2, -0.15) is 0 Å². The topological polar surface area (TPSA) is 20.2 Å². The van der Waals surface area contributed by atoms with Gasteiger partial charge in [0.05, 0.1) is 0 Å². The van der Waals surface area contributed by atoms with Gasteiger partial charge in [0.2, 0.25) is 0 Å². The van der Waals surface area contributed by atoms with Gasteiger partial charge in [0.25, 0.3) is 0 Å². The van der Waals surface area contributed by atoms with Gasteiger partial charge in [-0.3, -0.25) is 0 Å². The molecule has 3 atom stereocenters. The molecule has 0 radical (unpaired) electrons. The minimum absolute atomic E-state index is 0.360. The number of rotatable bonds is 6. The van der Waals surface area contributed by atoms with E-state index in [4.69, 9.17) is 0 Å². The highest BCUT2D eigenvalue weighted by Crippen LogP contribution is 2.26. The Balaban J connectivity index is 3.91. The Kier molecular flexibility index (Phi) is 6.45. The lowest BCUT2D eigenvalue weighted by atomic mass is 9.81. The molecular formula is C11H24O. The van der Waals surface area contributed by atoms with Crippen molar-refractivity contribution in [3.05, 3.63) is 0 Å². The van der Waals surface area contributed by atoms with Crippen LogP contribution in [-0.2, 0) is 0 Å². The van der Waals surface area contributed by atoms with Crippen LogP contribution < -0.4 is 0 Å². The Morgan fingerprint density at radius 2 is 1.75 bits per heavy atom. The maximum Gasteiger partial charge on any atom is 0.0461 e. The first-order valence-corrected chi connectivity index (χ1v) is 5.28. The van der Waals surface area contributed by atoms with Crippen molar-refractivity contribution in [3.63, 3.8) is 0 Å². The molecule has 0 aliphatic carbocycles. The average Bonchev–Trinajstić information content (AvgIpc) is 2.11. The summed E-state index contributed by atoms with van der Waals surface area (Å²) in [5.74, 6) is 1.93. The second kappa shape index (κ2) is 6.47. The summed E-state index contributed by atoms with van der Waals surface area (Å²) in [6.45, 7) is 9.32. The fourth-order valence-electron chi connectivity index (χ4n) is 1.73. The standard InChI is InChI=1S/C11H24O/c1-5-7-11(8-12)10(4)9(3)6-2/h9-12H,5-8H2,1-4H3. The van der Waals surface area contributed by atoms with E-state index in [2.05, 4.69) is 27.7 Å². The van der Waals surface area contributed by atoms with Gasteiger partial charge >= 0.3 is 0 Å². The SMILES string of the molecule is CCCC(CO)C(C)C(C)CC.